The van der Waals surface area contributed by atoms with Gasteiger partial charge < -0.3 is 19.9 Å². The van der Waals surface area contributed by atoms with Crippen LogP contribution in [0, 0.1) is 13.8 Å². The molecule has 0 aliphatic carbocycles. The van der Waals surface area contributed by atoms with Crippen LogP contribution in [0.5, 0.6) is 0 Å². The maximum atomic E-state index is 12.0. The molecule has 3 aromatic heterocycles. The van der Waals surface area contributed by atoms with E-state index < -0.39 is 0 Å². The molecule has 0 saturated carbocycles. The first-order valence-corrected chi connectivity index (χ1v) is 14.2. The predicted octanol–water partition coefficient (Wildman–Crippen LogP) is 5.33. The molecule has 0 N–H and O–H groups in total. The third-order valence-electron chi connectivity index (χ3n) is 7.83. The minimum Gasteiger partial charge on any atom is -0.801 e. The Kier molecular flexibility index (Phi) is 10.5. The molecule has 0 atom stereocenters. The van der Waals surface area contributed by atoms with Crippen molar-refractivity contribution in [1.82, 2.24) is 15.1 Å². The number of rotatable bonds is 10. The average Bonchev–Trinajstić information content (AvgIpc) is 3.68. The third kappa shape index (κ3) is 6.08. The third-order valence-corrected chi connectivity index (χ3v) is 7.83. The number of carbonyl (C=O) groups is 1. The number of nitrogens with zero attached hydrogens (tertiary/aromatic N) is 5. The van der Waals surface area contributed by atoms with Crippen LogP contribution in [-0.2, 0) is 40.5 Å². The molecule has 0 saturated heterocycles. The van der Waals surface area contributed by atoms with E-state index in [9.17, 15) is 10.2 Å². The van der Waals surface area contributed by atoms with Crippen LogP contribution in [0.15, 0.2) is 32.6 Å². The van der Waals surface area contributed by atoms with Gasteiger partial charge in [-0.05, 0) is 51.2 Å². The Hall–Kier alpha value is -3.51. The standard InChI is InChI=1S/C33H38N5O2.Ni/c1-9-21-18(6)26(36-28(21)14-25(34)31(39)12-4)15-27-19(7)22(10-2)29(37-27)16-30-23(11-3)20(8)33(38-30)24-17-35-40-32(24)13-5;/h14-17H,9-13H2,1-8H3;/q-3;+3. The van der Waals surface area contributed by atoms with Gasteiger partial charge in [-0.1, -0.05) is 80.3 Å². The van der Waals surface area contributed by atoms with Gasteiger partial charge in [0.1, 0.15) is 11.5 Å². The summed E-state index contributed by atoms with van der Waals surface area (Å²) in [5.74, 6) is 0.546. The zero-order valence-corrected chi connectivity index (χ0v) is 26.2. The maximum Gasteiger partial charge on any atom is 3.00 e. The van der Waals surface area contributed by atoms with Crippen molar-refractivity contribution in [2.75, 3.05) is 0 Å². The molecule has 0 fully saturated rings. The normalized spacial score (nSPS) is 15.2. The zero-order chi connectivity index (χ0) is 29.1. The number of ketones is 1. The first-order valence-electron chi connectivity index (χ1n) is 14.2. The van der Waals surface area contributed by atoms with Gasteiger partial charge in [-0.2, -0.15) is 0 Å². The molecule has 0 spiro atoms. The van der Waals surface area contributed by atoms with Crippen molar-refractivity contribution < 1.29 is 25.8 Å². The van der Waals surface area contributed by atoms with E-state index in [0.29, 0.717) is 5.35 Å². The summed E-state index contributed by atoms with van der Waals surface area (Å²) >= 11 is 0. The quantitative estimate of drug-likeness (QED) is 0.233. The Morgan fingerprint density at radius 3 is 2.24 bits per heavy atom. The summed E-state index contributed by atoms with van der Waals surface area (Å²) in [7, 11) is 0. The number of aromatic nitrogens is 3. The van der Waals surface area contributed by atoms with Crippen LogP contribution in [0.1, 0.15) is 88.1 Å². The van der Waals surface area contributed by atoms with Gasteiger partial charge >= 0.3 is 16.5 Å². The van der Waals surface area contributed by atoms with Crippen molar-refractivity contribution in [2.24, 2.45) is 4.99 Å². The van der Waals surface area contributed by atoms with Gasteiger partial charge in [0, 0.05) is 18.4 Å². The number of Topliss-reactive ketones (excluding diaryl/α,β-unsaturated/α-hetero) is 1. The Morgan fingerprint density at radius 2 is 1.63 bits per heavy atom. The summed E-state index contributed by atoms with van der Waals surface area (Å²) in [6, 6.07) is 0. The Morgan fingerprint density at radius 1 is 0.927 bits per heavy atom. The van der Waals surface area contributed by atoms with Crippen LogP contribution in [0.2, 0.25) is 0 Å². The summed E-state index contributed by atoms with van der Waals surface area (Å²) in [6.45, 7) is 16.4. The molecule has 4 heterocycles. The van der Waals surface area contributed by atoms with Crippen LogP contribution in [-0.4, -0.2) is 22.4 Å². The van der Waals surface area contributed by atoms with Crippen LogP contribution >= 0.6 is 0 Å². The van der Waals surface area contributed by atoms with Crippen LogP contribution in [0.4, 0.5) is 0 Å². The van der Waals surface area contributed by atoms with Gasteiger partial charge in [0.25, 0.3) is 0 Å². The van der Waals surface area contributed by atoms with E-state index in [2.05, 4.69) is 52.8 Å². The number of hydrogen-bond donors (Lipinski definition) is 0. The molecule has 217 valence electrons. The van der Waals surface area contributed by atoms with Gasteiger partial charge in [0.15, 0.2) is 0 Å². The molecule has 1 aliphatic heterocycles. The zero-order valence-electron chi connectivity index (χ0n) is 25.2. The second kappa shape index (κ2) is 13.4. The first-order chi connectivity index (χ1) is 19.2. The maximum absolute atomic E-state index is 12.0. The molecule has 4 rings (SSSR count). The molecule has 0 bridgehead atoms. The fraction of sp³-hybridized carbons (Fsp3) is 0.394. The van der Waals surface area contributed by atoms with E-state index in [0.717, 1.165) is 87.4 Å². The van der Waals surface area contributed by atoms with E-state index in [1.807, 2.05) is 13.0 Å². The van der Waals surface area contributed by atoms with Crippen molar-refractivity contribution in [2.45, 2.75) is 87.5 Å². The van der Waals surface area contributed by atoms with E-state index >= 15 is 0 Å². The van der Waals surface area contributed by atoms with Crippen LogP contribution < -0.4 is 20.7 Å². The number of aliphatic imine (C=N–C) groups is 1. The number of carbonyl (C=O) groups excluding carboxylic acids is 1. The van der Waals surface area contributed by atoms with Gasteiger partial charge in [-0.25, -0.2) is 4.99 Å². The second-order valence-electron chi connectivity index (χ2n) is 10.1. The minimum atomic E-state index is -0.296. The van der Waals surface area contributed by atoms with E-state index in [1.54, 1.807) is 13.1 Å². The molecule has 0 amide bonds. The summed E-state index contributed by atoms with van der Waals surface area (Å²) in [6.07, 6.45) is 10.8. The Bertz CT molecular complexity index is 1690. The summed E-state index contributed by atoms with van der Waals surface area (Å²) < 4.78 is 5.45. The van der Waals surface area contributed by atoms with Crippen molar-refractivity contribution in [1.29, 1.82) is 0 Å². The molecular formula is C33H38N5NiO2. The number of allylic oxidation sites excluding steroid dienone is 2. The van der Waals surface area contributed by atoms with Gasteiger partial charge in [0.05, 0.1) is 17.6 Å². The van der Waals surface area contributed by atoms with Gasteiger partial charge in [0.2, 0.25) is 0 Å². The molecule has 0 unspecified atom stereocenters. The molecule has 1 radical (unpaired) electrons. The first kappa shape index (κ1) is 32.0. The predicted molar refractivity (Wildman–Crippen MR) is 163 cm³/mol. The Labute approximate surface area is 252 Å². The SMILES string of the molecule is CCC(=O)C(=[N-])/C=c1\[n-]/c(=C\C2=NC(=C\c3[n-]c(-c4cnoc4CC)c(C)c3CC)/C(CC)=C2C)c(C)c1CC.[Ni+3]. The molecule has 41 heavy (non-hydrogen) atoms. The van der Waals surface area contributed by atoms with Crippen molar-refractivity contribution in [3.05, 3.63) is 72.9 Å². The largest absolute Gasteiger partial charge is 3.00 e. The molecule has 8 heteroatoms. The van der Waals surface area contributed by atoms with Crippen LogP contribution in [0.3, 0.4) is 0 Å². The fourth-order valence-electron chi connectivity index (χ4n) is 5.46. The average molecular weight is 595 g/mol. The smallest absolute Gasteiger partial charge is 0.801 e. The molecule has 0 aromatic carbocycles. The molecular weight excluding hydrogens is 557 g/mol. The van der Waals surface area contributed by atoms with E-state index in [4.69, 9.17) is 19.5 Å². The monoisotopic (exact) mass is 594 g/mol. The van der Waals surface area contributed by atoms with E-state index in [-0.39, 0.29) is 34.4 Å². The number of aryl methyl sites for hydroxylation is 1. The van der Waals surface area contributed by atoms with Crippen molar-refractivity contribution >= 4 is 35.4 Å². The molecule has 3 aromatic rings. The topological polar surface area (TPSA) is 106 Å². The summed E-state index contributed by atoms with van der Waals surface area (Å²) in [4.78, 5) is 26.8. The van der Waals surface area contributed by atoms with Crippen molar-refractivity contribution in [3.63, 3.8) is 0 Å². The van der Waals surface area contributed by atoms with Gasteiger partial charge in [-0.3, -0.25) is 4.79 Å². The van der Waals surface area contributed by atoms with Crippen LogP contribution in [0.25, 0.3) is 34.9 Å². The minimum absolute atomic E-state index is 0. The second-order valence-corrected chi connectivity index (χ2v) is 10.1. The Balaban J connectivity index is 0.00000462. The molecule has 1 aliphatic rings. The number of hydrogen-bond acceptors (Lipinski definition) is 4. The summed E-state index contributed by atoms with van der Waals surface area (Å²) in [5.41, 5.74) is 11.0. The summed E-state index contributed by atoms with van der Waals surface area (Å²) in [5, 5.41) is 15.7. The van der Waals surface area contributed by atoms with E-state index in [1.165, 1.54) is 17.2 Å². The van der Waals surface area contributed by atoms with Crippen molar-refractivity contribution in [3.8, 4) is 11.3 Å². The van der Waals surface area contributed by atoms with Gasteiger partial charge in [-0.15, -0.1) is 27.8 Å². The fourth-order valence-corrected chi connectivity index (χ4v) is 5.46. The molecule has 7 nitrogen and oxygen atoms in total.